The fourth-order valence-electron chi connectivity index (χ4n) is 3.15. The predicted molar refractivity (Wildman–Crippen MR) is 67.4 cm³/mol. The first-order valence-electron chi connectivity index (χ1n) is 6.00. The molecule has 1 aromatic rings. The van der Waals surface area contributed by atoms with Crippen molar-refractivity contribution in [1.29, 1.82) is 0 Å². The monoisotopic (exact) mass is 236 g/mol. The molecule has 0 spiro atoms. The smallest absolute Gasteiger partial charge is 0.0635 e. The quantitative estimate of drug-likeness (QED) is 0.801. The maximum Gasteiger partial charge on any atom is 0.0635 e. The lowest BCUT2D eigenvalue weighted by Crippen LogP contribution is -2.31. The van der Waals surface area contributed by atoms with Crippen LogP contribution in [0.2, 0.25) is 5.02 Å². The summed E-state index contributed by atoms with van der Waals surface area (Å²) in [5, 5.41) is 0.659. The summed E-state index contributed by atoms with van der Waals surface area (Å²) in [7, 11) is 0. The van der Waals surface area contributed by atoms with Gasteiger partial charge in [-0.3, -0.25) is 4.90 Å². The van der Waals surface area contributed by atoms with Crippen molar-refractivity contribution in [3.63, 3.8) is 0 Å². The summed E-state index contributed by atoms with van der Waals surface area (Å²) in [6, 6.07) is 6.82. The molecule has 2 aliphatic rings. The van der Waals surface area contributed by atoms with Gasteiger partial charge < -0.3 is 5.73 Å². The number of halogens is 1. The number of fused-ring (bicyclic) bond motifs is 2. The van der Waals surface area contributed by atoms with E-state index in [0.717, 1.165) is 18.5 Å². The third-order valence-corrected chi connectivity index (χ3v) is 4.31. The van der Waals surface area contributed by atoms with Gasteiger partial charge >= 0.3 is 0 Å². The van der Waals surface area contributed by atoms with Crippen molar-refractivity contribution < 1.29 is 0 Å². The van der Waals surface area contributed by atoms with Gasteiger partial charge in [-0.05, 0) is 42.9 Å². The average molecular weight is 237 g/mol. The van der Waals surface area contributed by atoms with E-state index in [9.17, 15) is 0 Å². The van der Waals surface area contributed by atoms with E-state index in [-0.39, 0.29) is 0 Å². The summed E-state index contributed by atoms with van der Waals surface area (Å²) < 4.78 is 0. The molecule has 3 rings (SSSR count). The van der Waals surface area contributed by atoms with Crippen LogP contribution >= 0.6 is 11.6 Å². The van der Waals surface area contributed by atoms with Crippen LogP contribution in [0.5, 0.6) is 0 Å². The number of piperidine rings is 1. The minimum absolute atomic E-state index is 0.659. The molecule has 2 bridgehead atoms. The van der Waals surface area contributed by atoms with Crippen LogP contribution in [0.4, 0.5) is 5.69 Å². The molecule has 2 unspecified atom stereocenters. The third kappa shape index (κ3) is 1.80. The second-order valence-corrected chi connectivity index (χ2v) is 5.53. The van der Waals surface area contributed by atoms with E-state index < -0.39 is 0 Å². The molecule has 16 heavy (non-hydrogen) atoms. The van der Waals surface area contributed by atoms with Gasteiger partial charge in [-0.15, -0.1) is 0 Å². The Morgan fingerprint density at radius 3 is 2.88 bits per heavy atom. The van der Waals surface area contributed by atoms with Crippen LogP contribution in [-0.4, -0.2) is 17.5 Å². The first-order valence-corrected chi connectivity index (χ1v) is 6.38. The van der Waals surface area contributed by atoms with Crippen molar-refractivity contribution in [1.82, 2.24) is 4.90 Å². The molecule has 1 heterocycles. The molecule has 0 radical (unpaired) electrons. The van der Waals surface area contributed by atoms with Gasteiger partial charge in [-0.25, -0.2) is 0 Å². The first-order chi connectivity index (χ1) is 7.72. The largest absolute Gasteiger partial charge is 0.398 e. The van der Waals surface area contributed by atoms with Crippen molar-refractivity contribution in [3.8, 4) is 0 Å². The molecule has 1 aliphatic carbocycles. The van der Waals surface area contributed by atoms with Crippen LogP contribution < -0.4 is 5.73 Å². The van der Waals surface area contributed by atoms with E-state index >= 15 is 0 Å². The second-order valence-electron chi connectivity index (χ2n) is 5.12. The van der Waals surface area contributed by atoms with E-state index in [1.54, 1.807) is 0 Å². The standard InChI is InChI=1S/C13H17ClN2/c14-12-4-2-10(6-13(12)15)8-16-7-9-1-3-11(16)5-9/h2,4,6,9,11H,1,3,5,7-8,15H2. The predicted octanol–water partition coefficient (Wildman–Crippen LogP) is 2.91. The Bertz CT molecular complexity index is 405. The van der Waals surface area contributed by atoms with Gasteiger partial charge in [0.05, 0.1) is 10.7 Å². The normalized spacial score (nSPS) is 28.8. The molecule has 1 saturated carbocycles. The topological polar surface area (TPSA) is 29.3 Å². The van der Waals surface area contributed by atoms with Gasteiger partial charge in [0.25, 0.3) is 0 Å². The maximum absolute atomic E-state index is 5.92. The summed E-state index contributed by atoms with van der Waals surface area (Å²) in [4.78, 5) is 2.59. The summed E-state index contributed by atoms with van der Waals surface area (Å²) in [5.74, 6) is 0.953. The minimum Gasteiger partial charge on any atom is -0.398 e. The number of nitrogens with two attached hydrogens (primary N) is 1. The Labute approximate surface area is 101 Å². The van der Waals surface area contributed by atoms with Gasteiger partial charge in [0.1, 0.15) is 0 Å². The lowest BCUT2D eigenvalue weighted by molar-refractivity contribution is 0.205. The number of nitrogen functional groups attached to an aromatic ring is 1. The average Bonchev–Trinajstić information content (AvgIpc) is 2.85. The Morgan fingerprint density at radius 1 is 1.38 bits per heavy atom. The molecule has 2 fully saturated rings. The zero-order valence-electron chi connectivity index (χ0n) is 9.32. The zero-order chi connectivity index (χ0) is 11.1. The van der Waals surface area contributed by atoms with Crippen LogP contribution in [-0.2, 0) is 6.54 Å². The fourth-order valence-corrected chi connectivity index (χ4v) is 3.26. The SMILES string of the molecule is Nc1cc(CN2CC3CCC2C3)ccc1Cl. The van der Waals surface area contributed by atoms with Crippen LogP contribution in [0.1, 0.15) is 24.8 Å². The van der Waals surface area contributed by atoms with Crippen LogP contribution in [0.15, 0.2) is 18.2 Å². The molecule has 1 aromatic carbocycles. The van der Waals surface area contributed by atoms with Gasteiger partial charge in [-0.1, -0.05) is 17.7 Å². The molecule has 0 amide bonds. The minimum atomic E-state index is 0.659. The maximum atomic E-state index is 5.92. The number of anilines is 1. The highest BCUT2D eigenvalue weighted by molar-refractivity contribution is 6.33. The molecular formula is C13H17ClN2. The van der Waals surface area contributed by atoms with Crippen LogP contribution in [0.25, 0.3) is 0 Å². The second kappa shape index (κ2) is 3.94. The van der Waals surface area contributed by atoms with Gasteiger partial charge in [0, 0.05) is 19.1 Å². The van der Waals surface area contributed by atoms with Crippen molar-refractivity contribution in [2.75, 3.05) is 12.3 Å². The van der Waals surface area contributed by atoms with Gasteiger partial charge in [0.15, 0.2) is 0 Å². The van der Waals surface area contributed by atoms with Crippen molar-refractivity contribution in [2.24, 2.45) is 5.92 Å². The highest BCUT2D eigenvalue weighted by Gasteiger charge is 2.37. The number of hydrogen-bond donors (Lipinski definition) is 1. The number of hydrogen-bond acceptors (Lipinski definition) is 2. The molecule has 86 valence electrons. The lowest BCUT2D eigenvalue weighted by atomic mass is 10.1. The number of nitrogens with zero attached hydrogens (tertiary/aromatic N) is 1. The Hall–Kier alpha value is -0.730. The molecular weight excluding hydrogens is 220 g/mol. The third-order valence-electron chi connectivity index (χ3n) is 3.97. The van der Waals surface area contributed by atoms with Crippen molar-refractivity contribution in [3.05, 3.63) is 28.8 Å². The van der Waals surface area contributed by atoms with Gasteiger partial charge in [-0.2, -0.15) is 0 Å². The number of benzene rings is 1. The lowest BCUT2D eigenvalue weighted by Gasteiger charge is -2.26. The molecule has 3 heteroatoms. The Kier molecular flexibility index (Phi) is 2.56. The van der Waals surface area contributed by atoms with Gasteiger partial charge in [0.2, 0.25) is 0 Å². The summed E-state index contributed by atoms with van der Waals surface area (Å²) in [6.45, 7) is 2.30. The molecule has 2 N–H and O–H groups in total. The van der Waals surface area contributed by atoms with Crippen LogP contribution in [0.3, 0.4) is 0 Å². The van der Waals surface area contributed by atoms with E-state index in [1.165, 1.54) is 31.4 Å². The van der Waals surface area contributed by atoms with Crippen molar-refractivity contribution >= 4 is 17.3 Å². The van der Waals surface area contributed by atoms with Crippen LogP contribution in [0, 0.1) is 5.92 Å². The first kappa shape index (κ1) is 10.4. The molecule has 2 nitrogen and oxygen atoms in total. The fraction of sp³-hybridized carbons (Fsp3) is 0.538. The highest BCUT2D eigenvalue weighted by atomic mass is 35.5. The number of likely N-dealkylation sites (tertiary alicyclic amines) is 1. The molecule has 1 aliphatic heterocycles. The summed E-state index contributed by atoms with van der Waals surface area (Å²) in [6.07, 6.45) is 4.22. The highest BCUT2D eigenvalue weighted by Crippen LogP contribution is 2.38. The summed E-state index contributed by atoms with van der Waals surface area (Å²) in [5.41, 5.74) is 7.80. The Balaban J connectivity index is 1.72. The molecule has 2 atom stereocenters. The van der Waals surface area contributed by atoms with E-state index in [1.807, 2.05) is 12.1 Å². The van der Waals surface area contributed by atoms with Crippen molar-refractivity contribution in [2.45, 2.75) is 31.8 Å². The molecule has 0 aromatic heterocycles. The number of rotatable bonds is 2. The summed E-state index contributed by atoms with van der Waals surface area (Å²) >= 11 is 5.92. The van der Waals surface area contributed by atoms with E-state index in [0.29, 0.717) is 10.7 Å². The zero-order valence-corrected chi connectivity index (χ0v) is 10.1. The molecule has 1 saturated heterocycles. The Morgan fingerprint density at radius 2 is 2.25 bits per heavy atom. The van der Waals surface area contributed by atoms with E-state index in [4.69, 9.17) is 17.3 Å². The van der Waals surface area contributed by atoms with E-state index in [2.05, 4.69) is 11.0 Å².